The van der Waals surface area contributed by atoms with Crippen LogP contribution in [0.25, 0.3) is 21.5 Å². The lowest BCUT2D eigenvalue weighted by Crippen LogP contribution is -2.39. The number of hydrogen-bond acceptors (Lipinski definition) is 6. The van der Waals surface area contributed by atoms with Crippen LogP contribution in [0.5, 0.6) is 0 Å². The van der Waals surface area contributed by atoms with E-state index in [1.807, 2.05) is 48.5 Å². The Kier molecular flexibility index (Phi) is 5.82. The minimum absolute atomic E-state index is 0.136. The molecule has 3 N–H and O–H groups in total. The molecule has 9 nitrogen and oxygen atoms in total. The second-order valence-corrected chi connectivity index (χ2v) is 6.80. The Morgan fingerprint density at radius 3 is 2.09 bits per heavy atom. The average molecular weight is 427 g/mol. The van der Waals surface area contributed by atoms with Gasteiger partial charge in [-0.05, 0) is 39.7 Å². The normalized spacial score (nSPS) is 11.7. The maximum atomic E-state index is 12.3. The molecule has 0 aliphatic heterocycles. The van der Waals surface area contributed by atoms with Crippen molar-refractivity contribution in [2.45, 2.75) is 0 Å². The zero-order valence-corrected chi connectivity index (χ0v) is 16.6. The van der Waals surface area contributed by atoms with Crippen molar-refractivity contribution < 1.29 is 14.9 Å². The van der Waals surface area contributed by atoms with Crippen molar-refractivity contribution in [3.05, 3.63) is 100 Å². The molecule has 4 aromatic rings. The zero-order valence-electron chi connectivity index (χ0n) is 16.6. The number of hydroxylamine groups is 1. The van der Waals surface area contributed by atoms with Gasteiger partial charge in [-0.1, -0.05) is 48.5 Å². The minimum Gasteiger partial charge on any atom is -0.289 e. The summed E-state index contributed by atoms with van der Waals surface area (Å²) < 4.78 is 0. The molecule has 0 saturated heterocycles. The lowest BCUT2D eigenvalue weighted by molar-refractivity contribution is -0.384. The molecule has 0 atom stereocenters. The monoisotopic (exact) mass is 427 g/mol. The third-order valence-electron chi connectivity index (χ3n) is 4.84. The van der Waals surface area contributed by atoms with Gasteiger partial charge in [0.15, 0.2) is 0 Å². The van der Waals surface area contributed by atoms with Crippen LogP contribution in [0.4, 0.5) is 5.69 Å². The lowest BCUT2D eigenvalue weighted by atomic mass is 9.97. The van der Waals surface area contributed by atoms with Crippen molar-refractivity contribution in [1.82, 2.24) is 10.8 Å². The predicted octanol–water partition coefficient (Wildman–Crippen LogP) is 4.00. The van der Waals surface area contributed by atoms with Crippen LogP contribution in [0, 0.1) is 10.1 Å². The number of hydrogen-bond donors (Lipinski definition) is 3. The summed E-state index contributed by atoms with van der Waals surface area (Å²) in [6.45, 7) is 0. The molecule has 0 bridgehead atoms. The first-order chi connectivity index (χ1) is 15.6. The Bertz CT molecular complexity index is 1330. The summed E-state index contributed by atoms with van der Waals surface area (Å²) in [5, 5.41) is 34.4. The van der Waals surface area contributed by atoms with E-state index in [-0.39, 0.29) is 17.2 Å². The maximum absolute atomic E-state index is 12.3. The Balaban J connectivity index is 1.61. The Hall–Kier alpha value is -4.63. The Morgan fingerprint density at radius 1 is 0.938 bits per heavy atom. The molecule has 4 rings (SSSR count). The van der Waals surface area contributed by atoms with E-state index in [1.165, 1.54) is 24.3 Å². The maximum Gasteiger partial charge on any atom is 0.269 e. The van der Waals surface area contributed by atoms with Crippen molar-refractivity contribution in [2.75, 3.05) is 0 Å². The Morgan fingerprint density at radius 2 is 1.53 bits per heavy atom. The fourth-order valence-corrected chi connectivity index (χ4v) is 3.32. The molecule has 0 spiro atoms. The second-order valence-electron chi connectivity index (χ2n) is 6.80. The summed E-state index contributed by atoms with van der Waals surface area (Å²) in [6, 6.07) is 22.9. The molecule has 0 aliphatic carbocycles. The third kappa shape index (κ3) is 4.27. The van der Waals surface area contributed by atoms with Crippen LogP contribution in [-0.2, 0) is 0 Å². The smallest absolute Gasteiger partial charge is 0.269 e. The molecular weight excluding hydrogens is 410 g/mol. The molecule has 0 fully saturated rings. The molecule has 9 heteroatoms. The third-order valence-corrected chi connectivity index (χ3v) is 4.84. The van der Waals surface area contributed by atoms with Crippen LogP contribution in [0.15, 0.2) is 89.1 Å². The summed E-state index contributed by atoms with van der Waals surface area (Å²) in [4.78, 5) is 22.5. The van der Waals surface area contributed by atoms with Crippen molar-refractivity contribution in [3.63, 3.8) is 0 Å². The largest absolute Gasteiger partial charge is 0.289 e. The quantitative estimate of drug-likeness (QED) is 0.149. The topological polar surface area (TPSA) is 129 Å². The summed E-state index contributed by atoms with van der Waals surface area (Å²) in [7, 11) is 0. The number of nitrogens with zero attached hydrogens (tertiary/aromatic N) is 3. The summed E-state index contributed by atoms with van der Waals surface area (Å²) in [5.74, 6) is -0.917. The molecule has 32 heavy (non-hydrogen) atoms. The zero-order chi connectivity index (χ0) is 22.5. The van der Waals surface area contributed by atoms with Gasteiger partial charge in [-0.15, -0.1) is 5.10 Å². The standard InChI is InChI=1S/C23H17N5O4/c29-22(15-9-11-18(12-10-15)28(31)32)25-23(27-30)26-24-14-21-19-7-3-1-5-16(19)13-17-6-2-4-8-20(17)21/h1-14,30H,(H2,25,26,27,29)/b24-14+. The molecule has 0 aliphatic rings. The number of carbonyl (C=O) groups excluding carboxylic acids is 1. The highest BCUT2D eigenvalue weighted by atomic mass is 16.6. The molecule has 0 heterocycles. The van der Waals surface area contributed by atoms with Crippen molar-refractivity contribution in [1.29, 1.82) is 0 Å². The van der Waals surface area contributed by atoms with Gasteiger partial charge in [-0.2, -0.15) is 5.10 Å². The summed E-state index contributed by atoms with van der Waals surface area (Å²) >= 11 is 0. The number of nitrogens with one attached hydrogen (secondary N) is 2. The van der Waals surface area contributed by atoms with E-state index in [9.17, 15) is 20.1 Å². The summed E-state index contributed by atoms with van der Waals surface area (Å²) in [6.07, 6.45) is 1.56. The van der Waals surface area contributed by atoms with E-state index >= 15 is 0 Å². The first kappa shape index (κ1) is 20.6. The number of benzene rings is 4. The van der Waals surface area contributed by atoms with Gasteiger partial charge in [0.05, 0.1) is 11.1 Å². The number of nitro benzene ring substituents is 1. The summed E-state index contributed by atoms with van der Waals surface area (Å²) in [5.41, 5.74) is 2.66. The molecule has 0 saturated carbocycles. The number of rotatable bonds is 4. The number of fused-ring (bicyclic) bond motifs is 2. The van der Waals surface area contributed by atoms with Gasteiger partial charge in [0.25, 0.3) is 11.6 Å². The molecule has 1 amide bonds. The second kappa shape index (κ2) is 9.02. The minimum atomic E-state index is -0.619. The van der Waals surface area contributed by atoms with Gasteiger partial charge in [0, 0.05) is 23.3 Å². The van der Waals surface area contributed by atoms with E-state index in [1.54, 1.807) is 11.7 Å². The molecule has 4 aromatic carbocycles. The average Bonchev–Trinajstić information content (AvgIpc) is 2.82. The van der Waals surface area contributed by atoms with Gasteiger partial charge in [-0.3, -0.25) is 25.4 Å². The van der Waals surface area contributed by atoms with Gasteiger partial charge < -0.3 is 0 Å². The molecule has 0 unspecified atom stereocenters. The number of amides is 1. The fourth-order valence-electron chi connectivity index (χ4n) is 3.32. The number of non-ortho nitro benzene ring substituents is 1. The van der Waals surface area contributed by atoms with Crippen LogP contribution in [0.3, 0.4) is 0 Å². The van der Waals surface area contributed by atoms with Crippen molar-refractivity contribution >= 4 is 45.3 Å². The van der Waals surface area contributed by atoms with E-state index < -0.39 is 10.8 Å². The van der Waals surface area contributed by atoms with Crippen LogP contribution in [0.2, 0.25) is 0 Å². The highest BCUT2D eigenvalue weighted by Crippen LogP contribution is 2.27. The van der Waals surface area contributed by atoms with Gasteiger partial charge in [0.2, 0.25) is 5.96 Å². The molecule has 0 radical (unpaired) electrons. The molecular formula is C23H17N5O4. The van der Waals surface area contributed by atoms with Crippen molar-refractivity contribution in [3.8, 4) is 0 Å². The van der Waals surface area contributed by atoms with E-state index in [4.69, 9.17) is 0 Å². The van der Waals surface area contributed by atoms with Crippen LogP contribution >= 0.6 is 0 Å². The number of nitro groups is 1. The number of guanidine groups is 1. The van der Waals surface area contributed by atoms with E-state index in [0.29, 0.717) is 0 Å². The van der Waals surface area contributed by atoms with Crippen LogP contribution in [0.1, 0.15) is 15.9 Å². The van der Waals surface area contributed by atoms with Crippen molar-refractivity contribution in [2.24, 2.45) is 10.2 Å². The Labute approximate surface area is 181 Å². The highest BCUT2D eigenvalue weighted by molar-refractivity contribution is 6.13. The van der Waals surface area contributed by atoms with E-state index in [2.05, 4.69) is 21.6 Å². The van der Waals surface area contributed by atoms with Gasteiger partial charge in [0.1, 0.15) is 0 Å². The SMILES string of the molecule is O=C(N/C(=N\N=C\c1c2ccccc2cc2ccccc12)NO)c1ccc([N+](=O)[O-])cc1. The first-order valence-electron chi connectivity index (χ1n) is 9.54. The van der Waals surface area contributed by atoms with E-state index in [0.717, 1.165) is 27.1 Å². The fraction of sp³-hybridized carbons (Fsp3) is 0. The van der Waals surface area contributed by atoms with Gasteiger partial charge in [-0.25, -0.2) is 5.48 Å². The lowest BCUT2D eigenvalue weighted by Gasteiger charge is -2.08. The molecule has 158 valence electrons. The number of carbonyl (C=O) groups is 1. The van der Waals surface area contributed by atoms with Gasteiger partial charge >= 0.3 is 0 Å². The first-order valence-corrected chi connectivity index (χ1v) is 9.54. The highest BCUT2D eigenvalue weighted by Gasteiger charge is 2.11. The van der Waals surface area contributed by atoms with Crippen LogP contribution in [-0.4, -0.2) is 28.2 Å². The predicted molar refractivity (Wildman–Crippen MR) is 122 cm³/mol. The van der Waals surface area contributed by atoms with Crippen LogP contribution < -0.4 is 10.8 Å². The molecule has 0 aromatic heterocycles.